The summed E-state index contributed by atoms with van der Waals surface area (Å²) < 4.78 is 17.0. The van der Waals surface area contributed by atoms with E-state index < -0.39 is 0 Å². The van der Waals surface area contributed by atoms with Gasteiger partial charge in [-0.3, -0.25) is 4.79 Å². The van der Waals surface area contributed by atoms with Gasteiger partial charge in [-0.15, -0.1) is 0 Å². The van der Waals surface area contributed by atoms with Gasteiger partial charge in [-0.25, -0.2) is 4.99 Å². The molecule has 1 saturated heterocycles. The number of amidine groups is 1. The number of ether oxygens (including phenoxy) is 3. The van der Waals surface area contributed by atoms with Crippen LogP contribution < -0.4 is 19.5 Å². The molecule has 3 aromatic carbocycles. The van der Waals surface area contributed by atoms with Crippen LogP contribution in [-0.4, -0.2) is 24.8 Å². The van der Waals surface area contributed by atoms with E-state index >= 15 is 0 Å². The molecule has 1 N–H and O–H groups in total. The Labute approximate surface area is 214 Å². The van der Waals surface area contributed by atoms with Crippen LogP contribution in [0.15, 0.2) is 70.6 Å². The molecule has 1 aliphatic heterocycles. The first-order valence-corrected chi connectivity index (χ1v) is 12.2. The zero-order chi connectivity index (χ0) is 24.8. The third-order valence-corrected chi connectivity index (χ3v) is 6.24. The number of methoxy groups -OCH3 is 1. The normalized spacial score (nSPS) is 15.4. The number of rotatable bonds is 8. The molecule has 1 fully saturated rings. The summed E-state index contributed by atoms with van der Waals surface area (Å²) in [4.78, 5) is 17.5. The lowest BCUT2D eigenvalue weighted by Gasteiger charge is -2.15. The van der Waals surface area contributed by atoms with Gasteiger partial charge in [-0.2, -0.15) is 0 Å². The monoisotopic (exact) mass is 508 g/mol. The van der Waals surface area contributed by atoms with Crippen molar-refractivity contribution in [2.24, 2.45) is 4.99 Å². The van der Waals surface area contributed by atoms with Crippen molar-refractivity contribution in [3.05, 3.63) is 87.3 Å². The molecule has 0 unspecified atom stereocenters. The highest BCUT2D eigenvalue weighted by Gasteiger charge is 2.24. The summed E-state index contributed by atoms with van der Waals surface area (Å²) in [6.45, 7) is 4.75. The highest BCUT2D eigenvalue weighted by molar-refractivity contribution is 8.18. The third kappa shape index (κ3) is 6.38. The molecule has 0 spiro atoms. The molecule has 6 nitrogen and oxygen atoms in total. The van der Waals surface area contributed by atoms with Gasteiger partial charge in [-0.05, 0) is 79.2 Å². The molecule has 8 heteroatoms. The molecule has 1 aliphatic rings. The smallest absolute Gasteiger partial charge is 0.264 e. The van der Waals surface area contributed by atoms with Crippen molar-refractivity contribution >= 4 is 46.2 Å². The Balaban J connectivity index is 1.54. The van der Waals surface area contributed by atoms with Crippen molar-refractivity contribution < 1.29 is 19.0 Å². The largest absolute Gasteiger partial charge is 0.497 e. The Morgan fingerprint density at radius 2 is 1.89 bits per heavy atom. The number of nitrogens with one attached hydrogen (secondary N) is 1. The number of nitrogens with zero attached hydrogens (tertiary/aromatic N) is 1. The molecule has 0 atom stereocenters. The van der Waals surface area contributed by atoms with E-state index in [1.165, 1.54) is 11.8 Å². The number of thioether (sulfide) groups is 1. The maximum Gasteiger partial charge on any atom is 0.264 e. The van der Waals surface area contributed by atoms with Gasteiger partial charge in [0.15, 0.2) is 16.7 Å². The Morgan fingerprint density at radius 3 is 2.60 bits per heavy atom. The van der Waals surface area contributed by atoms with Crippen molar-refractivity contribution in [3.63, 3.8) is 0 Å². The predicted molar refractivity (Wildman–Crippen MR) is 142 cm³/mol. The van der Waals surface area contributed by atoms with Crippen LogP contribution >= 0.6 is 23.4 Å². The van der Waals surface area contributed by atoms with Crippen molar-refractivity contribution in [1.29, 1.82) is 0 Å². The molecule has 3 aromatic rings. The quantitative estimate of drug-likeness (QED) is 0.350. The SMILES string of the molecule is CCOc1cc(/C=C2/SC(=Nc3ccc(OC)cc3)NC2=O)cc(Cl)c1OCc1cccc(C)c1. The molecular weight excluding hydrogens is 484 g/mol. The summed E-state index contributed by atoms with van der Waals surface area (Å²) in [7, 11) is 1.61. The number of aryl methyl sites for hydroxylation is 1. The fraction of sp³-hybridized carbons (Fsp3) is 0.185. The van der Waals surface area contributed by atoms with E-state index in [0.717, 1.165) is 22.4 Å². The van der Waals surface area contributed by atoms with E-state index in [2.05, 4.69) is 16.4 Å². The maximum absolute atomic E-state index is 12.5. The van der Waals surface area contributed by atoms with Crippen LogP contribution in [0, 0.1) is 6.92 Å². The highest BCUT2D eigenvalue weighted by Crippen LogP contribution is 2.39. The molecule has 0 aromatic heterocycles. The van der Waals surface area contributed by atoms with Gasteiger partial charge in [-0.1, -0.05) is 41.4 Å². The summed E-state index contributed by atoms with van der Waals surface area (Å²) in [6.07, 6.45) is 1.76. The Hall–Kier alpha value is -3.42. The van der Waals surface area contributed by atoms with Crippen LogP contribution in [0.2, 0.25) is 5.02 Å². The third-order valence-electron chi connectivity index (χ3n) is 5.05. The van der Waals surface area contributed by atoms with E-state index in [-0.39, 0.29) is 5.91 Å². The van der Waals surface area contributed by atoms with Crippen LogP contribution in [0.3, 0.4) is 0 Å². The van der Waals surface area contributed by atoms with Gasteiger partial charge in [0.2, 0.25) is 0 Å². The number of aliphatic imine (C=N–C) groups is 1. The Bertz CT molecular complexity index is 1290. The number of amides is 1. The Morgan fingerprint density at radius 1 is 1.09 bits per heavy atom. The maximum atomic E-state index is 12.5. The van der Waals surface area contributed by atoms with Crippen molar-refractivity contribution in [2.45, 2.75) is 20.5 Å². The average Bonchev–Trinajstić information content (AvgIpc) is 3.17. The van der Waals surface area contributed by atoms with Crippen LogP contribution in [0.4, 0.5) is 5.69 Å². The lowest BCUT2D eigenvalue weighted by molar-refractivity contribution is -0.115. The first kappa shape index (κ1) is 24.7. The van der Waals surface area contributed by atoms with E-state index in [1.807, 2.05) is 62.4 Å². The summed E-state index contributed by atoms with van der Waals surface area (Å²) in [5, 5.41) is 3.70. The summed E-state index contributed by atoms with van der Waals surface area (Å²) in [5.74, 6) is 1.51. The van der Waals surface area contributed by atoms with E-state index in [0.29, 0.717) is 45.5 Å². The van der Waals surface area contributed by atoms with Crippen molar-refractivity contribution in [3.8, 4) is 17.2 Å². The highest BCUT2D eigenvalue weighted by atomic mass is 35.5. The molecule has 0 radical (unpaired) electrons. The zero-order valence-corrected chi connectivity index (χ0v) is 21.2. The molecule has 1 heterocycles. The van der Waals surface area contributed by atoms with Gasteiger partial charge >= 0.3 is 0 Å². The van der Waals surface area contributed by atoms with Crippen LogP contribution in [0.5, 0.6) is 17.2 Å². The second-order valence-corrected chi connectivity index (χ2v) is 9.16. The van der Waals surface area contributed by atoms with Gasteiger partial charge in [0.05, 0.1) is 29.3 Å². The van der Waals surface area contributed by atoms with E-state index in [1.54, 1.807) is 19.3 Å². The second-order valence-electron chi connectivity index (χ2n) is 7.72. The number of carbonyl (C=O) groups is 1. The minimum absolute atomic E-state index is 0.226. The van der Waals surface area contributed by atoms with Gasteiger partial charge in [0, 0.05) is 0 Å². The molecule has 1 amide bonds. The Kier molecular flexibility index (Phi) is 8.00. The predicted octanol–water partition coefficient (Wildman–Crippen LogP) is 6.53. The molecular formula is C27H25ClN2O4S. The number of hydrogen-bond donors (Lipinski definition) is 1. The number of halogens is 1. The molecule has 35 heavy (non-hydrogen) atoms. The van der Waals surface area contributed by atoms with Crippen molar-refractivity contribution in [2.75, 3.05) is 13.7 Å². The first-order chi connectivity index (χ1) is 16.9. The molecule has 0 bridgehead atoms. The number of hydrogen-bond acceptors (Lipinski definition) is 6. The summed E-state index contributed by atoms with van der Waals surface area (Å²) in [5.41, 5.74) is 3.64. The number of carbonyl (C=O) groups excluding carboxylic acids is 1. The topological polar surface area (TPSA) is 69.2 Å². The lowest BCUT2D eigenvalue weighted by atomic mass is 10.1. The summed E-state index contributed by atoms with van der Waals surface area (Å²) in [6, 6.07) is 19.0. The molecule has 0 aliphatic carbocycles. The number of benzene rings is 3. The first-order valence-electron chi connectivity index (χ1n) is 11.0. The van der Waals surface area contributed by atoms with Gasteiger partial charge < -0.3 is 19.5 Å². The van der Waals surface area contributed by atoms with Gasteiger partial charge in [0.25, 0.3) is 5.91 Å². The molecule has 4 rings (SSSR count). The minimum Gasteiger partial charge on any atom is -0.497 e. The fourth-order valence-electron chi connectivity index (χ4n) is 3.44. The standard InChI is InChI=1S/C27H25ClN2O4S/c1-4-33-23-14-19(13-22(28)25(23)34-16-18-7-5-6-17(2)12-18)15-24-26(31)30-27(35-24)29-20-8-10-21(32-3)11-9-20/h5-15H,4,16H2,1-3H3,(H,29,30,31)/b24-15+. The van der Waals surface area contributed by atoms with E-state index in [9.17, 15) is 4.79 Å². The summed E-state index contributed by atoms with van der Waals surface area (Å²) >= 11 is 7.84. The van der Waals surface area contributed by atoms with Crippen molar-refractivity contribution in [1.82, 2.24) is 5.32 Å². The van der Waals surface area contributed by atoms with Gasteiger partial charge in [0.1, 0.15) is 12.4 Å². The minimum atomic E-state index is -0.226. The van der Waals surface area contributed by atoms with Crippen LogP contribution in [0.25, 0.3) is 6.08 Å². The lowest BCUT2D eigenvalue weighted by Crippen LogP contribution is -2.19. The zero-order valence-electron chi connectivity index (χ0n) is 19.6. The van der Waals surface area contributed by atoms with Crippen LogP contribution in [-0.2, 0) is 11.4 Å². The van der Waals surface area contributed by atoms with E-state index in [4.69, 9.17) is 25.8 Å². The molecule has 0 saturated carbocycles. The van der Waals surface area contributed by atoms with Crippen LogP contribution in [0.1, 0.15) is 23.6 Å². The molecule has 180 valence electrons. The second kappa shape index (κ2) is 11.3. The average molecular weight is 509 g/mol. The fourth-order valence-corrected chi connectivity index (χ4v) is 4.55.